The van der Waals surface area contributed by atoms with Gasteiger partial charge in [-0.3, -0.25) is 0 Å². The van der Waals surface area contributed by atoms with Gasteiger partial charge in [0.05, 0.1) is 11.4 Å². The van der Waals surface area contributed by atoms with E-state index in [1.807, 2.05) is 6.07 Å². The summed E-state index contributed by atoms with van der Waals surface area (Å²) in [5.41, 5.74) is 10.1. The van der Waals surface area contributed by atoms with E-state index in [4.69, 9.17) is 5.73 Å². The average molecular weight is 334 g/mol. The molecule has 0 amide bonds. The summed E-state index contributed by atoms with van der Waals surface area (Å²) in [5.74, 6) is 1.10. The van der Waals surface area contributed by atoms with E-state index in [-0.39, 0.29) is 0 Å². The van der Waals surface area contributed by atoms with Crippen LogP contribution in [0.3, 0.4) is 0 Å². The first-order valence-electron chi connectivity index (χ1n) is 6.52. The fourth-order valence-corrected chi connectivity index (χ4v) is 2.91. The highest BCUT2D eigenvalue weighted by Crippen LogP contribution is 2.29. The molecule has 2 aromatic rings. The van der Waals surface area contributed by atoms with Crippen molar-refractivity contribution in [1.82, 2.24) is 15.3 Å². The Bertz CT molecular complexity index is 656. The van der Waals surface area contributed by atoms with E-state index in [2.05, 4.69) is 55.6 Å². The Morgan fingerprint density at radius 2 is 2.20 bits per heavy atom. The Hall–Kier alpha value is -1.66. The molecule has 1 aliphatic rings. The van der Waals surface area contributed by atoms with E-state index >= 15 is 0 Å². The van der Waals surface area contributed by atoms with Gasteiger partial charge in [0.15, 0.2) is 0 Å². The molecule has 1 aliphatic heterocycles. The highest BCUT2D eigenvalue weighted by molar-refractivity contribution is 9.10. The van der Waals surface area contributed by atoms with Gasteiger partial charge in [-0.15, -0.1) is 0 Å². The highest BCUT2D eigenvalue weighted by atomic mass is 79.9. The van der Waals surface area contributed by atoms with Gasteiger partial charge in [0.25, 0.3) is 0 Å². The van der Waals surface area contributed by atoms with Crippen molar-refractivity contribution in [2.45, 2.75) is 19.9 Å². The van der Waals surface area contributed by atoms with Gasteiger partial charge in [-0.2, -0.15) is 4.98 Å². The molecule has 1 aromatic heterocycles. The van der Waals surface area contributed by atoms with Crippen molar-refractivity contribution in [2.24, 2.45) is 0 Å². The van der Waals surface area contributed by atoms with Crippen molar-refractivity contribution in [1.29, 1.82) is 0 Å². The molecule has 0 radical (unpaired) electrons. The molecule has 0 spiro atoms. The molecule has 0 aliphatic carbocycles. The molecule has 0 saturated carbocycles. The molecule has 6 heteroatoms. The molecule has 0 unspecified atom stereocenters. The molecule has 2 heterocycles. The molecule has 0 saturated heterocycles. The first-order chi connectivity index (χ1) is 9.63. The van der Waals surface area contributed by atoms with Crippen LogP contribution in [-0.4, -0.2) is 16.5 Å². The Balaban J connectivity index is 2.00. The van der Waals surface area contributed by atoms with Crippen molar-refractivity contribution in [3.05, 3.63) is 39.5 Å². The minimum Gasteiger partial charge on any atom is -0.368 e. The van der Waals surface area contributed by atoms with Gasteiger partial charge in [-0.25, -0.2) is 4.98 Å². The van der Waals surface area contributed by atoms with Gasteiger partial charge in [-0.05, 0) is 40.5 Å². The van der Waals surface area contributed by atoms with Gasteiger partial charge in [0.1, 0.15) is 5.82 Å². The van der Waals surface area contributed by atoms with Crippen LogP contribution in [0.4, 0.5) is 17.5 Å². The number of anilines is 3. The molecule has 104 valence electrons. The topological polar surface area (TPSA) is 75.9 Å². The maximum atomic E-state index is 5.80. The Kier molecular flexibility index (Phi) is 3.58. The SMILES string of the molecule is Cc1ccc(Nc2nc(N)nc3c2CNCC3)c(Br)c1. The Morgan fingerprint density at radius 3 is 3.00 bits per heavy atom. The smallest absolute Gasteiger partial charge is 0.222 e. The van der Waals surface area contributed by atoms with Gasteiger partial charge >= 0.3 is 0 Å². The van der Waals surface area contributed by atoms with Crippen LogP contribution in [0, 0.1) is 6.92 Å². The maximum absolute atomic E-state index is 5.80. The van der Waals surface area contributed by atoms with Crippen molar-refractivity contribution >= 4 is 33.4 Å². The van der Waals surface area contributed by atoms with E-state index < -0.39 is 0 Å². The number of benzene rings is 1. The van der Waals surface area contributed by atoms with Crippen LogP contribution in [-0.2, 0) is 13.0 Å². The Morgan fingerprint density at radius 1 is 1.35 bits per heavy atom. The van der Waals surface area contributed by atoms with Crippen molar-refractivity contribution in [2.75, 3.05) is 17.6 Å². The van der Waals surface area contributed by atoms with Crippen LogP contribution in [0.25, 0.3) is 0 Å². The Labute approximate surface area is 126 Å². The largest absolute Gasteiger partial charge is 0.368 e. The summed E-state index contributed by atoms with van der Waals surface area (Å²) >= 11 is 3.57. The summed E-state index contributed by atoms with van der Waals surface area (Å²) in [6, 6.07) is 6.15. The van der Waals surface area contributed by atoms with Crippen LogP contribution >= 0.6 is 15.9 Å². The lowest BCUT2D eigenvalue weighted by Crippen LogP contribution is -2.26. The van der Waals surface area contributed by atoms with E-state index in [0.717, 1.165) is 46.7 Å². The standard InChI is InChI=1S/C14H16BrN5/c1-8-2-3-12(10(15)6-8)18-13-9-7-17-5-4-11(9)19-14(16)20-13/h2-3,6,17H,4-5,7H2,1H3,(H3,16,18,19,20). The molecular formula is C14H16BrN5. The van der Waals surface area contributed by atoms with Crippen molar-refractivity contribution in [3.8, 4) is 0 Å². The zero-order valence-corrected chi connectivity index (χ0v) is 12.8. The second-order valence-electron chi connectivity index (χ2n) is 4.89. The molecule has 1 aromatic carbocycles. The third-order valence-electron chi connectivity index (χ3n) is 3.33. The minimum atomic E-state index is 0.316. The number of fused-ring (bicyclic) bond motifs is 1. The van der Waals surface area contributed by atoms with Gasteiger partial charge in [0, 0.05) is 29.5 Å². The number of hydrogen-bond donors (Lipinski definition) is 3. The average Bonchev–Trinajstić information content (AvgIpc) is 2.41. The zero-order valence-electron chi connectivity index (χ0n) is 11.2. The predicted molar refractivity (Wildman–Crippen MR) is 84.0 cm³/mol. The summed E-state index contributed by atoms with van der Waals surface area (Å²) in [6.45, 7) is 3.75. The van der Waals surface area contributed by atoms with Crippen LogP contribution in [0.2, 0.25) is 0 Å². The van der Waals surface area contributed by atoms with E-state index in [9.17, 15) is 0 Å². The van der Waals surface area contributed by atoms with Crippen LogP contribution in [0.15, 0.2) is 22.7 Å². The number of aryl methyl sites for hydroxylation is 1. The lowest BCUT2D eigenvalue weighted by molar-refractivity contribution is 0.629. The summed E-state index contributed by atoms with van der Waals surface area (Å²) in [6.07, 6.45) is 0.881. The molecule has 0 bridgehead atoms. The number of nitrogen functional groups attached to an aromatic ring is 1. The zero-order chi connectivity index (χ0) is 14.1. The molecule has 0 atom stereocenters. The molecule has 3 rings (SSSR count). The quantitative estimate of drug-likeness (QED) is 0.787. The lowest BCUT2D eigenvalue weighted by Gasteiger charge is -2.20. The fraction of sp³-hybridized carbons (Fsp3) is 0.286. The number of nitrogens with two attached hydrogens (primary N) is 1. The first kappa shape index (κ1) is 13.3. The van der Waals surface area contributed by atoms with Crippen molar-refractivity contribution in [3.63, 3.8) is 0 Å². The second kappa shape index (κ2) is 5.38. The highest BCUT2D eigenvalue weighted by Gasteiger charge is 2.17. The second-order valence-corrected chi connectivity index (χ2v) is 5.75. The summed E-state index contributed by atoms with van der Waals surface area (Å²) < 4.78 is 1.01. The molecule has 5 nitrogen and oxygen atoms in total. The summed E-state index contributed by atoms with van der Waals surface area (Å²) in [7, 11) is 0. The third kappa shape index (κ3) is 2.62. The number of nitrogens with one attached hydrogen (secondary N) is 2. The molecular weight excluding hydrogens is 318 g/mol. The summed E-state index contributed by atoms with van der Waals surface area (Å²) in [5, 5.41) is 6.69. The van der Waals surface area contributed by atoms with Gasteiger partial charge < -0.3 is 16.4 Å². The van der Waals surface area contributed by atoms with Crippen LogP contribution in [0.5, 0.6) is 0 Å². The number of hydrogen-bond acceptors (Lipinski definition) is 5. The van der Waals surface area contributed by atoms with Crippen LogP contribution < -0.4 is 16.4 Å². The summed E-state index contributed by atoms with van der Waals surface area (Å²) in [4.78, 5) is 8.67. The molecule has 0 fully saturated rings. The lowest BCUT2D eigenvalue weighted by atomic mass is 10.1. The molecule has 4 N–H and O–H groups in total. The van der Waals surface area contributed by atoms with E-state index in [1.165, 1.54) is 5.56 Å². The van der Waals surface area contributed by atoms with E-state index in [0.29, 0.717) is 5.95 Å². The van der Waals surface area contributed by atoms with Crippen molar-refractivity contribution < 1.29 is 0 Å². The normalized spacial score (nSPS) is 13.9. The monoisotopic (exact) mass is 333 g/mol. The van der Waals surface area contributed by atoms with Gasteiger partial charge in [-0.1, -0.05) is 6.07 Å². The number of aromatic nitrogens is 2. The predicted octanol–water partition coefficient (Wildman–Crippen LogP) is 2.52. The van der Waals surface area contributed by atoms with Gasteiger partial charge in [0.2, 0.25) is 5.95 Å². The third-order valence-corrected chi connectivity index (χ3v) is 3.98. The maximum Gasteiger partial charge on any atom is 0.222 e. The molecule has 20 heavy (non-hydrogen) atoms. The fourth-order valence-electron chi connectivity index (χ4n) is 2.31. The minimum absolute atomic E-state index is 0.316. The van der Waals surface area contributed by atoms with E-state index in [1.54, 1.807) is 0 Å². The van der Waals surface area contributed by atoms with Crippen LogP contribution in [0.1, 0.15) is 16.8 Å². The number of nitrogens with zero attached hydrogens (tertiary/aromatic N) is 2. The number of rotatable bonds is 2. The first-order valence-corrected chi connectivity index (χ1v) is 7.32. The number of halogens is 1.